The van der Waals surface area contributed by atoms with Crippen molar-refractivity contribution in [2.75, 3.05) is 23.4 Å². The second kappa shape index (κ2) is 8.08. The predicted octanol–water partition coefficient (Wildman–Crippen LogP) is 3.04. The average Bonchev–Trinajstić information content (AvgIpc) is 3.02. The number of amides is 1. The summed E-state index contributed by atoms with van der Waals surface area (Å²) in [5, 5.41) is 3.26. The van der Waals surface area contributed by atoms with Crippen molar-refractivity contribution in [1.29, 1.82) is 0 Å². The molecule has 1 atom stereocenters. The van der Waals surface area contributed by atoms with Crippen molar-refractivity contribution in [2.45, 2.75) is 32.7 Å². The highest BCUT2D eigenvalue weighted by Gasteiger charge is 2.34. The molecule has 1 amide bonds. The van der Waals surface area contributed by atoms with E-state index >= 15 is 0 Å². The number of carbonyl (C=O) groups is 1. The minimum Gasteiger partial charge on any atom is -0.354 e. The van der Waals surface area contributed by atoms with Crippen LogP contribution < -0.4 is 5.32 Å². The summed E-state index contributed by atoms with van der Waals surface area (Å²) in [5.41, 5.74) is 3.36. The Balaban J connectivity index is 1.76. The molecule has 1 aromatic heterocycles. The summed E-state index contributed by atoms with van der Waals surface area (Å²) < 4.78 is 23.5. The number of pyridine rings is 1. The van der Waals surface area contributed by atoms with Crippen LogP contribution in [0.15, 0.2) is 42.7 Å². The molecular formula is C20H25N3O3S. The third-order valence-electron chi connectivity index (χ3n) is 4.89. The van der Waals surface area contributed by atoms with Crippen molar-refractivity contribution in [2.24, 2.45) is 0 Å². The molecule has 0 saturated carbocycles. The van der Waals surface area contributed by atoms with Gasteiger partial charge in [-0.1, -0.05) is 19.1 Å². The Kier molecular flexibility index (Phi) is 5.79. The first kappa shape index (κ1) is 19.4. The lowest BCUT2D eigenvalue weighted by Crippen LogP contribution is -2.41. The van der Waals surface area contributed by atoms with Crippen molar-refractivity contribution in [3.8, 4) is 0 Å². The number of rotatable bonds is 6. The lowest BCUT2D eigenvalue weighted by molar-refractivity contribution is 0.0708. The fourth-order valence-corrected chi connectivity index (χ4v) is 5.10. The maximum Gasteiger partial charge on any atom is 0.255 e. The number of anilines is 2. The lowest BCUT2D eigenvalue weighted by atomic mass is 10.1. The molecule has 3 rings (SSSR count). The van der Waals surface area contributed by atoms with Crippen molar-refractivity contribution in [3.63, 3.8) is 0 Å². The topological polar surface area (TPSA) is 79.4 Å². The summed E-state index contributed by atoms with van der Waals surface area (Å²) in [6.07, 6.45) is 4.67. The van der Waals surface area contributed by atoms with E-state index in [4.69, 9.17) is 0 Å². The predicted molar refractivity (Wildman–Crippen MR) is 107 cm³/mol. The first-order valence-electron chi connectivity index (χ1n) is 9.24. The molecule has 1 fully saturated rings. The molecule has 0 spiro atoms. The SMILES string of the molecule is CCc1ccc(Nc2cncc(C(=O)N(CC)C3CCS(=O)(=O)C3)c2)cc1. The number of aromatic nitrogens is 1. The minimum absolute atomic E-state index is 0.0434. The van der Waals surface area contributed by atoms with E-state index in [0.29, 0.717) is 18.5 Å². The molecule has 7 heteroatoms. The van der Waals surface area contributed by atoms with Gasteiger partial charge in [-0.05, 0) is 43.5 Å². The van der Waals surface area contributed by atoms with Crippen LogP contribution >= 0.6 is 0 Å². The van der Waals surface area contributed by atoms with E-state index in [-0.39, 0.29) is 23.5 Å². The Labute approximate surface area is 160 Å². The molecule has 1 unspecified atom stereocenters. The largest absolute Gasteiger partial charge is 0.354 e. The van der Waals surface area contributed by atoms with Gasteiger partial charge in [-0.2, -0.15) is 0 Å². The normalized spacial score (nSPS) is 18.2. The maximum atomic E-state index is 12.9. The number of aryl methyl sites for hydroxylation is 1. The zero-order valence-electron chi connectivity index (χ0n) is 15.7. The van der Waals surface area contributed by atoms with E-state index in [2.05, 4.69) is 29.4 Å². The molecule has 1 saturated heterocycles. The summed E-state index contributed by atoms with van der Waals surface area (Å²) in [7, 11) is -3.04. The van der Waals surface area contributed by atoms with Gasteiger partial charge in [-0.15, -0.1) is 0 Å². The zero-order valence-corrected chi connectivity index (χ0v) is 16.5. The molecule has 1 aromatic carbocycles. The van der Waals surface area contributed by atoms with E-state index in [1.165, 1.54) is 11.8 Å². The van der Waals surface area contributed by atoms with Gasteiger partial charge in [-0.25, -0.2) is 8.42 Å². The summed E-state index contributed by atoms with van der Waals surface area (Å²) in [4.78, 5) is 18.7. The molecule has 0 aliphatic carbocycles. The Morgan fingerprint density at radius 3 is 2.52 bits per heavy atom. The van der Waals surface area contributed by atoms with Crippen LogP contribution in [0.4, 0.5) is 11.4 Å². The molecule has 0 radical (unpaired) electrons. The summed E-state index contributed by atoms with van der Waals surface area (Å²) in [5.74, 6) is 0.00799. The molecule has 6 nitrogen and oxygen atoms in total. The minimum atomic E-state index is -3.04. The van der Waals surface area contributed by atoms with Gasteiger partial charge in [0.2, 0.25) is 0 Å². The Morgan fingerprint density at radius 1 is 1.19 bits per heavy atom. The second-order valence-electron chi connectivity index (χ2n) is 6.79. The van der Waals surface area contributed by atoms with Crippen molar-refractivity contribution in [3.05, 3.63) is 53.9 Å². The summed E-state index contributed by atoms with van der Waals surface area (Å²) in [6.45, 7) is 4.44. The summed E-state index contributed by atoms with van der Waals surface area (Å²) >= 11 is 0. The number of nitrogens with zero attached hydrogens (tertiary/aromatic N) is 2. The van der Waals surface area contributed by atoms with Crippen LogP contribution in [0.1, 0.15) is 36.2 Å². The first-order valence-corrected chi connectivity index (χ1v) is 11.1. The van der Waals surface area contributed by atoms with Gasteiger partial charge in [0, 0.05) is 24.5 Å². The molecule has 1 aliphatic rings. The van der Waals surface area contributed by atoms with E-state index in [1.807, 2.05) is 19.1 Å². The zero-order chi connectivity index (χ0) is 19.4. The van der Waals surface area contributed by atoms with Crippen LogP contribution in [-0.2, 0) is 16.3 Å². The van der Waals surface area contributed by atoms with Crippen LogP contribution in [0.25, 0.3) is 0 Å². The van der Waals surface area contributed by atoms with Crippen molar-refractivity contribution >= 4 is 27.1 Å². The lowest BCUT2D eigenvalue weighted by Gasteiger charge is -2.27. The van der Waals surface area contributed by atoms with Gasteiger partial charge in [0.25, 0.3) is 5.91 Å². The quantitative estimate of drug-likeness (QED) is 0.824. The number of hydrogen-bond donors (Lipinski definition) is 1. The fraction of sp³-hybridized carbons (Fsp3) is 0.400. The molecule has 1 N–H and O–H groups in total. The van der Waals surface area contributed by atoms with Gasteiger partial charge in [0.05, 0.1) is 29.0 Å². The number of sulfone groups is 1. The smallest absolute Gasteiger partial charge is 0.255 e. The molecule has 27 heavy (non-hydrogen) atoms. The van der Waals surface area contributed by atoms with Gasteiger partial charge in [-0.3, -0.25) is 9.78 Å². The van der Waals surface area contributed by atoms with Gasteiger partial charge >= 0.3 is 0 Å². The number of benzene rings is 1. The highest BCUT2D eigenvalue weighted by atomic mass is 32.2. The number of hydrogen-bond acceptors (Lipinski definition) is 5. The van der Waals surface area contributed by atoms with Crippen molar-refractivity contribution in [1.82, 2.24) is 9.88 Å². The van der Waals surface area contributed by atoms with Crippen LogP contribution in [0.2, 0.25) is 0 Å². The molecule has 144 valence electrons. The van der Waals surface area contributed by atoms with E-state index in [1.54, 1.807) is 17.2 Å². The molecule has 0 bridgehead atoms. The first-order chi connectivity index (χ1) is 12.9. The Morgan fingerprint density at radius 2 is 1.93 bits per heavy atom. The highest BCUT2D eigenvalue weighted by molar-refractivity contribution is 7.91. The van der Waals surface area contributed by atoms with Gasteiger partial charge in [0.15, 0.2) is 9.84 Å². The Bertz CT molecular complexity index is 910. The van der Waals surface area contributed by atoms with Crippen LogP contribution in [-0.4, -0.2) is 48.3 Å². The summed E-state index contributed by atoms with van der Waals surface area (Å²) in [6, 6.07) is 9.61. The maximum absolute atomic E-state index is 12.9. The standard InChI is InChI=1S/C20H25N3O3S/c1-3-15-5-7-17(8-6-15)22-18-11-16(12-21-13-18)20(24)23(4-2)19-9-10-27(25,26)14-19/h5-8,11-13,19,22H,3-4,9-10,14H2,1-2H3. The molecule has 1 aliphatic heterocycles. The average molecular weight is 388 g/mol. The second-order valence-corrected chi connectivity index (χ2v) is 9.01. The van der Waals surface area contributed by atoms with Crippen LogP contribution in [0.3, 0.4) is 0 Å². The molecule has 2 heterocycles. The highest BCUT2D eigenvalue weighted by Crippen LogP contribution is 2.22. The Hall–Kier alpha value is -2.41. The molecular weight excluding hydrogens is 362 g/mol. The third-order valence-corrected chi connectivity index (χ3v) is 6.64. The number of carbonyl (C=O) groups excluding carboxylic acids is 1. The van der Waals surface area contributed by atoms with Gasteiger partial charge < -0.3 is 10.2 Å². The van der Waals surface area contributed by atoms with E-state index in [0.717, 1.165) is 17.8 Å². The van der Waals surface area contributed by atoms with Crippen molar-refractivity contribution < 1.29 is 13.2 Å². The van der Waals surface area contributed by atoms with Crippen LogP contribution in [0.5, 0.6) is 0 Å². The fourth-order valence-electron chi connectivity index (χ4n) is 3.37. The van der Waals surface area contributed by atoms with E-state index < -0.39 is 9.84 Å². The number of nitrogens with one attached hydrogen (secondary N) is 1. The van der Waals surface area contributed by atoms with Crippen LogP contribution in [0, 0.1) is 0 Å². The third kappa shape index (κ3) is 4.66. The van der Waals surface area contributed by atoms with E-state index in [9.17, 15) is 13.2 Å². The molecule has 2 aromatic rings. The van der Waals surface area contributed by atoms with Gasteiger partial charge in [0.1, 0.15) is 0 Å². The monoisotopic (exact) mass is 387 g/mol.